The first kappa shape index (κ1) is 15.0. The van der Waals surface area contributed by atoms with Gasteiger partial charge in [-0.3, -0.25) is 4.72 Å². The minimum atomic E-state index is -3.71. The van der Waals surface area contributed by atoms with Crippen LogP contribution in [-0.2, 0) is 16.6 Å². The fourth-order valence-corrected chi connectivity index (χ4v) is 4.20. The van der Waals surface area contributed by atoms with Crippen molar-refractivity contribution >= 4 is 27.0 Å². The van der Waals surface area contributed by atoms with Crippen molar-refractivity contribution in [3.8, 4) is 0 Å². The van der Waals surface area contributed by atoms with Crippen LogP contribution in [0, 0.1) is 19.7 Å². The van der Waals surface area contributed by atoms with E-state index < -0.39 is 15.8 Å². The molecule has 0 saturated heterocycles. The van der Waals surface area contributed by atoms with Gasteiger partial charge in [0, 0.05) is 11.4 Å². The number of nitrogens with one attached hydrogen (secondary N) is 1. The Labute approximate surface area is 121 Å². The molecule has 0 aliphatic carbocycles. The normalized spacial score (nSPS) is 11.6. The number of sulfonamides is 1. The van der Waals surface area contributed by atoms with E-state index in [1.54, 1.807) is 13.0 Å². The number of nitrogens with two attached hydrogens (primary N) is 1. The molecule has 3 N–H and O–H groups in total. The molecule has 0 atom stereocenters. The van der Waals surface area contributed by atoms with Crippen molar-refractivity contribution in [1.29, 1.82) is 0 Å². The van der Waals surface area contributed by atoms with Gasteiger partial charge in [0.1, 0.15) is 10.0 Å². The topological polar surface area (TPSA) is 72.2 Å². The van der Waals surface area contributed by atoms with Gasteiger partial charge in [-0.25, -0.2) is 12.8 Å². The van der Waals surface area contributed by atoms with Crippen molar-refractivity contribution in [3.63, 3.8) is 0 Å². The zero-order valence-corrected chi connectivity index (χ0v) is 12.7. The maximum Gasteiger partial charge on any atom is 0.271 e. The van der Waals surface area contributed by atoms with Crippen LogP contribution in [0.1, 0.15) is 16.0 Å². The molecule has 0 bridgehead atoms. The smallest absolute Gasteiger partial charge is 0.271 e. The standard InChI is InChI=1S/C13H15FN2O2S2/c1-8-3-4-10(6-11(8)14)16-20(17,18)13-5-9(2)12(7-15)19-13/h3-6,16H,7,15H2,1-2H3. The number of aryl methyl sites for hydroxylation is 2. The molecule has 0 saturated carbocycles. The van der Waals surface area contributed by atoms with Gasteiger partial charge in [0.05, 0.1) is 5.69 Å². The minimum absolute atomic E-state index is 0.177. The Balaban J connectivity index is 2.32. The molecule has 7 heteroatoms. The second-order valence-electron chi connectivity index (χ2n) is 4.45. The molecular formula is C13H15FN2O2S2. The quantitative estimate of drug-likeness (QED) is 0.911. The molecule has 0 unspecified atom stereocenters. The molecule has 0 fully saturated rings. The van der Waals surface area contributed by atoms with E-state index in [9.17, 15) is 12.8 Å². The molecule has 0 aliphatic heterocycles. The van der Waals surface area contributed by atoms with Crippen LogP contribution >= 0.6 is 11.3 Å². The second kappa shape index (κ2) is 5.51. The van der Waals surface area contributed by atoms with Crippen molar-refractivity contribution < 1.29 is 12.8 Å². The average molecular weight is 314 g/mol. The number of benzene rings is 1. The lowest BCUT2D eigenvalue weighted by Crippen LogP contribution is -2.11. The fourth-order valence-electron chi connectivity index (χ4n) is 1.69. The van der Waals surface area contributed by atoms with Gasteiger partial charge in [0.25, 0.3) is 10.0 Å². The van der Waals surface area contributed by atoms with Gasteiger partial charge >= 0.3 is 0 Å². The number of rotatable bonds is 4. The third kappa shape index (κ3) is 3.00. The lowest BCUT2D eigenvalue weighted by atomic mass is 10.2. The minimum Gasteiger partial charge on any atom is -0.326 e. The lowest BCUT2D eigenvalue weighted by molar-refractivity contribution is 0.603. The van der Waals surface area contributed by atoms with Crippen molar-refractivity contribution in [3.05, 3.63) is 46.1 Å². The average Bonchev–Trinajstić information content (AvgIpc) is 2.76. The van der Waals surface area contributed by atoms with E-state index in [-0.39, 0.29) is 9.90 Å². The number of hydrogen-bond donors (Lipinski definition) is 2. The summed E-state index contributed by atoms with van der Waals surface area (Å²) < 4.78 is 40.4. The van der Waals surface area contributed by atoms with E-state index in [1.165, 1.54) is 12.1 Å². The maximum absolute atomic E-state index is 13.4. The molecule has 108 valence electrons. The lowest BCUT2D eigenvalue weighted by Gasteiger charge is -2.07. The number of thiophene rings is 1. The van der Waals surface area contributed by atoms with E-state index in [4.69, 9.17) is 5.73 Å². The van der Waals surface area contributed by atoms with E-state index >= 15 is 0 Å². The summed E-state index contributed by atoms with van der Waals surface area (Å²) in [6.07, 6.45) is 0. The zero-order chi connectivity index (χ0) is 14.9. The highest BCUT2D eigenvalue weighted by Crippen LogP contribution is 2.27. The molecule has 2 aromatic rings. The number of anilines is 1. The summed E-state index contributed by atoms with van der Waals surface area (Å²) in [6, 6.07) is 5.79. The third-order valence-electron chi connectivity index (χ3n) is 2.87. The summed E-state index contributed by atoms with van der Waals surface area (Å²) >= 11 is 1.12. The van der Waals surface area contributed by atoms with Gasteiger partial charge in [0.15, 0.2) is 0 Å². The molecule has 1 aromatic heterocycles. The van der Waals surface area contributed by atoms with Crippen LogP contribution in [-0.4, -0.2) is 8.42 Å². The predicted molar refractivity (Wildman–Crippen MR) is 78.9 cm³/mol. The largest absolute Gasteiger partial charge is 0.326 e. The monoisotopic (exact) mass is 314 g/mol. The Hall–Kier alpha value is -1.44. The van der Waals surface area contributed by atoms with Crippen molar-refractivity contribution in [2.75, 3.05) is 4.72 Å². The van der Waals surface area contributed by atoms with E-state index in [2.05, 4.69) is 4.72 Å². The molecule has 0 spiro atoms. The first-order chi connectivity index (χ1) is 9.33. The molecule has 4 nitrogen and oxygen atoms in total. The third-order valence-corrected chi connectivity index (χ3v) is 5.99. The van der Waals surface area contributed by atoms with E-state index in [1.807, 2.05) is 6.92 Å². The Morgan fingerprint density at radius 1 is 1.25 bits per heavy atom. The molecule has 0 amide bonds. The van der Waals surface area contributed by atoms with Crippen LogP contribution in [0.15, 0.2) is 28.5 Å². The highest BCUT2D eigenvalue weighted by atomic mass is 32.2. The van der Waals surface area contributed by atoms with Crippen LogP contribution in [0.5, 0.6) is 0 Å². The van der Waals surface area contributed by atoms with E-state index in [0.29, 0.717) is 12.1 Å². The second-order valence-corrected chi connectivity index (χ2v) is 7.49. The van der Waals surface area contributed by atoms with Crippen LogP contribution in [0.2, 0.25) is 0 Å². The summed E-state index contributed by atoms with van der Waals surface area (Å²) in [5, 5.41) is 0. The Morgan fingerprint density at radius 2 is 1.95 bits per heavy atom. The molecule has 1 aromatic carbocycles. The SMILES string of the molecule is Cc1ccc(NS(=O)(=O)c2cc(C)c(CN)s2)cc1F. The van der Waals surface area contributed by atoms with Gasteiger partial charge < -0.3 is 5.73 Å². The van der Waals surface area contributed by atoms with Crippen LogP contribution < -0.4 is 10.5 Å². The molecule has 0 aliphatic rings. The van der Waals surface area contributed by atoms with Gasteiger partial charge in [-0.1, -0.05) is 6.07 Å². The Morgan fingerprint density at radius 3 is 2.50 bits per heavy atom. The van der Waals surface area contributed by atoms with Crippen molar-refractivity contribution in [2.45, 2.75) is 24.6 Å². The molecule has 20 heavy (non-hydrogen) atoms. The molecular weight excluding hydrogens is 299 g/mol. The number of halogens is 1. The zero-order valence-electron chi connectivity index (χ0n) is 11.1. The Kier molecular flexibility index (Phi) is 4.12. The molecule has 2 rings (SSSR count). The predicted octanol–water partition coefficient (Wildman–Crippen LogP) is 2.76. The van der Waals surface area contributed by atoms with Crippen molar-refractivity contribution in [1.82, 2.24) is 0 Å². The maximum atomic E-state index is 13.4. The summed E-state index contributed by atoms with van der Waals surface area (Å²) in [6.45, 7) is 3.72. The highest BCUT2D eigenvalue weighted by Gasteiger charge is 2.19. The van der Waals surface area contributed by atoms with Crippen LogP contribution in [0.25, 0.3) is 0 Å². The van der Waals surface area contributed by atoms with E-state index in [0.717, 1.165) is 27.8 Å². The van der Waals surface area contributed by atoms with Crippen LogP contribution in [0.4, 0.5) is 10.1 Å². The summed E-state index contributed by atoms with van der Waals surface area (Å²) in [7, 11) is -3.71. The number of hydrogen-bond acceptors (Lipinski definition) is 4. The summed E-state index contributed by atoms with van der Waals surface area (Å²) in [5.41, 5.74) is 7.05. The molecule has 1 heterocycles. The highest BCUT2D eigenvalue weighted by molar-refractivity contribution is 7.94. The molecule has 0 radical (unpaired) electrons. The van der Waals surface area contributed by atoms with Crippen molar-refractivity contribution in [2.24, 2.45) is 5.73 Å². The van der Waals surface area contributed by atoms with Gasteiger partial charge in [-0.05, 0) is 43.2 Å². The fraction of sp³-hybridized carbons (Fsp3) is 0.231. The first-order valence-electron chi connectivity index (χ1n) is 5.92. The first-order valence-corrected chi connectivity index (χ1v) is 8.22. The van der Waals surface area contributed by atoms with Crippen LogP contribution in [0.3, 0.4) is 0 Å². The van der Waals surface area contributed by atoms with Gasteiger partial charge in [-0.15, -0.1) is 11.3 Å². The summed E-state index contributed by atoms with van der Waals surface area (Å²) in [5.74, 6) is -0.449. The van der Waals surface area contributed by atoms with Gasteiger partial charge in [-0.2, -0.15) is 0 Å². The van der Waals surface area contributed by atoms with Gasteiger partial charge in [0.2, 0.25) is 0 Å². The Bertz CT molecular complexity index is 739. The summed E-state index contributed by atoms with van der Waals surface area (Å²) in [4.78, 5) is 0.820.